The summed E-state index contributed by atoms with van der Waals surface area (Å²) in [5, 5.41) is 26.8. The maximum atomic E-state index is 16.6. The van der Waals surface area contributed by atoms with Crippen molar-refractivity contribution in [2.75, 3.05) is 38.3 Å². The van der Waals surface area contributed by atoms with Crippen LogP contribution in [0.1, 0.15) is 110 Å². The molecule has 2 heterocycles. The van der Waals surface area contributed by atoms with Gasteiger partial charge in [0.1, 0.15) is 22.9 Å². The van der Waals surface area contributed by atoms with Crippen molar-refractivity contribution in [1.29, 1.82) is 0 Å². The highest BCUT2D eigenvalue weighted by Gasteiger charge is 2.68. The molecule has 1 aromatic carbocycles. The zero-order valence-electron chi connectivity index (χ0n) is 39.4. The number of fused-ring (bicyclic) bond motifs is 6. The van der Waals surface area contributed by atoms with E-state index in [1.54, 1.807) is 26.5 Å². The standard InChI is InChI=1S/C50H66FN5O10/c1-25(2)39(52)45(61)53-40(26(3)4)46(62)55-18-17-54(22-27(55)5)42-35(51)20-32-41(44(42)65-8)56(29-10-11-29)23-33(43(32)60)47(63)66-24-37(59)50(64)16-14-34-31-12-9-28-19-30(57)13-15-48(28,6)38(31)36(58)21-49(34,50)7/h13,15,19-20,23,25-27,29,31,34,36,38-40,58,64H,9-12,14,16-18,21-22,24,52H2,1-8H3,(H,53,61)/t27?,31-,34-,36-,38+,39?,40?,48-,49-,50-/m1/s1. The van der Waals surface area contributed by atoms with Crippen LogP contribution in [-0.4, -0.2) is 112 Å². The molecule has 3 unspecified atom stereocenters. The molecule has 15 nitrogen and oxygen atoms in total. The summed E-state index contributed by atoms with van der Waals surface area (Å²) in [4.78, 5) is 84.7. The van der Waals surface area contributed by atoms with E-state index in [0.717, 1.165) is 24.5 Å². The van der Waals surface area contributed by atoms with E-state index in [-0.39, 0.29) is 96.6 Å². The highest BCUT2D eigenvalue weighted by Crippen LogP contribution is 2.67. The van der Waals surface area contributed by atoms with Crippen molar-refractivity contribution in [3.8, 4) is 5.75 Å². The average Bonchev–Trinajstić information content (AvgIpc) is 4.07. The number of ether oxygens (including phenoxy) is 2. The molecule has 5 fully saturated rings. The van der Waals surface area contributed by atoms with Gasteiger partial charge in [0.25, 0.3) is 0 Å². The molecular formula is C50H66FN5O10. The van der Waals surface area contributed by atoms with Crippen molar-refractivity contribution in [3.63, 3.8) is 0 Å². The van der Waals surface area contributed by atoms with E-state index < -0.39 is 81.7 Å². The van der Waals surface area contributed by atoms with Gasteiger partial charge in [-0.15, -0.1) is 0 Å². The number of amides is 2. The molecule has 10 atom stereocenters. The van der Waals surface area contributed by atoms with Gasteiger partial charge in [0.15, 0.2) is 24.0 Å². The fraction of sp³-hybridized carbons (Fsp3) is 0.640. The number of aromatic nitrogens is 1. The zero-order chi connectivity index (χ0) is 47.9. The fourth-order valence-electron chi connectivity index (χ4n) is 12.6. The van der Waals surface area contributed by atoms with Gasteiger partial charge in [-0.2, -0.15) is 0 Å². The van der Waals surface area contributed by atoms with E-state index in [9.17, 15) is 39.0 Å². The number of halogens is 1. The Kier molecular flexibility index (Phi) is 12.5. The fourth-order valence-corrected chi connectivity index (χ4v) is 12.6. The summed E-state index contributed by atoms with van der Waals surface area (Å²) in [5.41, 5.74) is 2.84. The topological polar surface area (TPSA) is 211 Å². The van der Waals surface area contributed by atoms with Gasteiger partial charge in [0.2, 0.25) is 23.0 Å². The van der Waals surface area contributed by atoms with Gasteiger partial charge in [0.05, 0.1) is 30.2 Å². The zero-order valence-corrected chi connectivity index (χ0v) is 39.4. The summed E-state index contributed by atoms with van der Waals surface area (Å²) in [6.07, 6.45) is 9.27. The number of hydrogen-bond acceptors (Lipinski definition) is 12. The van der Waals surface area contributed by atoms with Crippen molar-refractivity contribution < 1.29 is 48.0 Å². The van der Waals surface area contributed by atoms with E-state index in [2.05, 4.69) is 12.2 Å². The van der Waals surface area contributed by atoms with E-state index in [1.165, 1.54) is 13.3 Å². The molecule has 2 aromatic rings. The van der Waals surface area contributed by atoms with Gasteiger partial charge in [-0.05, 0) is 93.8 Å². The predicted octanol–water partition coefficient (Wildman–Crippen LogP) is 4.38. The Labute approximate surface area is 384 Å². The number of carbonyl (C=O) groups is 5. The maximum Gasteiger partial charge on any atom is 0.344 e. The number of aliphatic hydroxyl groups excluding tert-OH is 1. The van der Waals surface area contributed by atoms with Crippen molar-refractivity contribution in [2.24, 2.45) is 46.2 Å². The van der Waals surface area contributed by atoms with Gasteiger partial charge < -0.3 is 45.1 Å². The van der Waals surface area contributed by atoms with Crippen molar-refractivity contribution >= 4 is 45.9 Å². The number of nitrogens with zero attached hydrogens (tertiary/aromatic N) is 3. The van der Waals surface area contributed by atoms with Gasteiger partial charge in [0, 0.05) is 54.7 Å². The smallest absolute Gasteiger partial charge is 0.344 e. The highest BCUT2D eigenvalue weighted by atomic mass is 19.1. The molecule has 5 N–H and O–H groups in total. The lowest BCUT2D eigenvalue weighted by Gasteiger charge is -2.59. The van der Waals surface area contributed by atoms with Crippen LogP contribution in [0.2, 0.25) is 0 Å². The number of methoxy groups -OCH3 is 1. The van der Waals surface area contributed by atoms with Gasteiger partial charge in [-0.25, -0.2) is 9.18 Å². The summed E-state index contributed by atoms with van der Waals surface area (Å²) < 4.78 is 29.8. The second kappa shape index (κ2) is 17.3. The summed E-state index contributed by atoms with van der Waals surface area (Å²) in [6, 6.07) is -1.04. The summed E-state index contributed by atoms with van der Waals surface area (Å²) in [7, 11) is 1.39. The van der Waals surface area contributed by atoms with Crippen LogP contribution in [0.15, 0.2) is 40.9 Å². The van der Waals surface area contributed by atoms with E-state index in [4.69, 9.17) is 15.2 Å². The molecule has 358 valence electrons. The first-order chi connectivity index (χ1) is 31.1. The average molecular weight is 916 g/mol. The number of pyridine rings is 1. The molecule has 2 amide bonds. The first-order valence-electron chi connectivity index (χ1n) is 23.7. The second-order valence-electron chi connectivity index (χ2n) is 21.1. The number of nitrogens with two attached hydrogens (primary N) is 1. The quantitative estimate of drug-likeness (QED) is 0.219. The number of hydrogen-bond donors (Lipinski definition) is 4. The summed E-state index contributed by atoms with van der Waals surface area (Å²) >= 11 is 0. The second-order valence-corrected chi connectivity index (χ2v) is 21.1. The van der Waals surface area contributed by atoms with Crippen LogP contribution in [0.4, 0.5) is 10.1 Å². The van der Waals surface area contributed by atoms with Crippen molar-refractivity contribution in [1.82, 2.24) is 14.8 Å². The molecular weight excluding hydrogens is 850 g/mol. The van der Waals surface area contributed by atoms with Crippen LogP contribution in [-0.2, 0) is 23.9 Å². The van der Waals surface area contributed by atoms with Gasteiger partial charge in [-0.1, -0.05) is 53.2 Å². The van der Waals surface area contributed by atoms with Crippen LogP contribution in [0.5, 0.6) is 5.75 Å². The number of ketones is 2. The number of Topliss-reactive ketones (excluding diaryl/α,β-unsaturated/α-hetero) is 1. The number of benzene rings is 1. The number of nitrogens with one attached hydrogen (secondary N) is 1. The minimum atomic E-state index is -1.91. The molecule has 0 spiro atoms. The molecule has 66 heavy (non-hydrogen) atoms. The third-order valence-electron chi connectivity index (χ3n) is 16.5. The third-order valence-corrected chi connectivity index (χ3v) is 16.5. The normalized spacial score (nSPS) is 31.5. The molecule has 0 radical (unpaired) electrons. The Morgan fingerprint density at radius 2 is 1.76 bits per heavy atom. The number of aliphatic hydroxyl groups is 2. The predicted molar refractivity (Wildman–Crippen MR) is 244 cm³/mol. The SMILES string of the molecule is COc1c(N2CCN(C(=O)C(NC(=O)C(N)C(C)C)C(C)C)C(C)C2)c(F)cc2c(=O)c(C(=O)OCC(=O)[C@]3(O)CC[C@@H]4[C@H]5CCC6=CC(=O)C=C[C@@]6(C)[C@@H]5[C@H](O)C[C@]43C)cn(C3CC3)c12. The number of carbonyl (C=O) groups excluding carboxylic acids is 5. The molecule has 16 heteroatoms. The van der Waals surface area contributed by atoms with E-state index >= 15 is 4.39 Å². The lowest BCUT2D eigenvalue weighted by atomic mass is 9.46. The first-order valence-corrected chi connectivity index (χ1v) is 23.7. The van der Waals surface area contributed by atoms with Crippen LogP contribution in [0, 0.1) is 46.2 Å². The van der Waals surface area contributed by atoms with E-state index in [0.29, 0.717) is 24.8 Å². The molecule has 1 saturated heterocycles. The van der Waals surface area contributed by atoms with Gasteiger partial charge >= 0.3 is 5.97 Å². The summed E-state index contributed by atoms with van der Waals surface area (Å²) in [5.74, 6) is -3.87. The maximum absolute atomic E-state index is 16.6. The number of anilines is 1. The molecule has 4 saturated carbocycles. The largest absolute Gasteiger partial charge is 0.492 e. The Bertz CT molecular complexity index is 2480. The Morgan fingerprint density at radius 3 is 2.39 bits per heavy atom. The van der Waals surface area contributed by atoms with Crippen molar-refractivity contribution in [2.45, 2.75) is 129 Å². The number of piperazine rings is 1. The lowest BCUT2D eigenvalue weighted by molar-refractivity contribution is -0.178. The highest BCUT2D eigenvalue weighted by molar-refractivity contribution is 6.01. The lowest BCUT2D eigenvalue weighted by Crippen LogP contribution is -2.61. The van der Waals surface area contributed by atoms with Crippen LogP contribution in [0.25, 0.3) is 10.9 Å². The third kappa shape index (κ3) is 7.68. The van der Waals surface area contributed by atoms with Gasteiger partial charge in [-0.3, -0.25) is 24.0 Å². The van der Waals surface area contributed by atoms with Crippen LogP contribution < -0.4 is 26.1 Å². The van der Waals surface area contributed by atoms with E-state index in [1.807, 2.05) is 47.6 Å². The summed E-state index contributed by atoms with van der Waals surface area (Å²) in [6.45, 7) is 12.9. The first kappa shape index (κ1) is 47.6. The molecule has 0 bridgehead atoms. The molecule has 5 aliphatic carbocycles. The molecule has 6 aliphatic rings. The molecule has 8 rings (SSSR count). The minimum absolute atomic E-state index is 0.0191. The number of allylic oxidation sites excluding steroid dienone is 4. The molecule has 1 aromatic heterocycles. The number of esters is 1. The number of rotatable bonds is 12. The minimum Gasteiger partial charge on any atom is -0.492 e. The van der Waals surface area contributed by atoms with Crippen molar-refractivity contribution in [3.05, 3.63) is 57.7 Å². The molecule has 1 aliphatic heterocycles. The Balaban J connectivity index is 1.01. The van der Waals surface area contributed by atoms with Crippen LogP contribution in [0.3, 0.4) is 0 Å². The Morgan fingerprint density at radius 1 is 1.05 bits per heavy atom. The Hall–Kier alpha value is -4.93. The monoisotopic (exact) mass is 915 g/mol. The van der Waals surface area contributed by atoms with Crippen LogP contribution >= 0.6 is 0 Å².